The summed E-state index contributed by atoms with van der Waals surface area (Å²) in [5, 5.41) is 6.90. The van der Waals surface area contributed by atoms with Crippen molar-refractivity contribution in [3.05, 3.63) is 0 Å². The molecule has 0 unspecified atom stereocenters. The van der Waals surface area contributed by atoms with Gasteiger partial charge in [-0.2, -0.15) is 0 Å². The van der Waals surface area contributed by atoms with E-state index in [-0.39, 0.29) is 0 Å². The molecule has 0 amide bonds. The summed E-state index contributed by atoms with van der Waals surface area (Å²) in [7, 11) is 0. The second-order valence-electron chi connectivity index (χ2n) is 1.92. The van der Waals surface area contributed by atoms with Gasteiger partial charge in [0.25, 0.3) is 6.43 Å². The number of aliphatic imine (C=N–C) groups is 1. The predicted octanol–water partition coefficient (Wildman–Crippen LogP) is 1.75. The molecule has 2 nitrogen and oxygen atoms in total. The summed E-state index contributed by atoms with van der Waals surface area (Å²) in [6.07, 6.45) is -0.663. The molecule has 58 valence electrons. The van der Waals surface area contributed by atoms with Crippen molar-refractivity contribution in [1.29, 1.82) is 5.41 Å². The Morgan fingerprint density at radius 3 is 2.70 bits per heavy atom. The summed E-state index contributed by atoms with van der Waals surface area (Å²) >= 11 is 0. The van der Waals surface area contributed by atoms with Crippen LogP contribution in [0.15, 0.2) is 4.99 Å². The van der Waals surface area contributed by atoms with Crippen molar-refractivity contribution < 1.29 is 8.78 Å². The lowest BCUT2D eigenvalue weighted by Crippen LogP contribution is -1.96. The first-order valence-corrected chi connectivity index (χ1v) is 2.93. The summed E-state index contributed by atoms with van der Waals surface area (Å²) < 4.78 is 22.8. The van der Waals surface area contributed by atoms with E-state index in [9.17, 15) is 8.78 Å². The van der Waals surface area contributed by atoms with E-state index in [1.807, 2.05) is 0 Å². The van der Waals surface area contributed by atoms with Crippen LogP contribution in [0.3, 0.4) is 0 Å². The minimum Gasteiger partial charge on any atom is -0.310 e. The number of hydrogen-bond donors (Lipinski definition) is 1. The van der Waals surface area contributed by atoms with Crippen molar-refractivity contribution in [2.24, 2.45) is 4.99 Å². The van der Waals surface area contributed by atoms with Crippen LogP contribution in [0.25, 0.3) is 0 Å². The third-order valence-corrected chi connectivity index (χ3v) is 0.770. The average molecular weight is 148 g/mol. The lowest BCUT2D eigenvalue weighted by Gasteiger charge is -1.90. The summed E-state index contributed by atoms with van der Waals surface area (Å²) in [6, 6.07) is 0. The van der Waals surface area contributed by atoms with Gasteiger partial charge in [-0.25, -0.2) is 8.78 Å². The van der Waals surface area contributed by atoms with Gasteiger partial charge in [-0.15, -0.1) is 0 Å². The van der Waals surface area contributed by atoms with Crippen molar-refractivity contribution in [3.8, 4) is 0 Å². The molecule has 0 atom stereocenters. The summed E-state index contributed by atoms with van der Waals surface area (Å²) in [5.74, 6) is 0. The molecule has 0 aromatic carbocycles. The Bertz CT molecular complexity index is 132. The van der Waals surface area contributed by atoms with Crippen molar-refractivity contribution in [3.63, 3.8) is 0 Å². The van der Waals surface area contributed by atoms with Crippen LogP contribution >= 0.6 is 0 Å². The Hall–Kier alpha value is -0.800. The molecule has 0 aromatic heterocycles. The maximum absolute atomic E-state index is 11.4. The van der Waals surface area contributed by atoms with Crippen LogP contribution in [0.2, 0.25) is 0 Å². The molecule has 0 aromatic rings. The Morgan fingerprint density at radius 2 is 2.30 bits per heavy atom. The Kier molecular flexibility index (Phi) is 4.62. The third kappa shape index (κ3) is 7.20. The fourth-order valence-electron chi connectivity index (χ4n) is 0.356. The average Bonchev–Trinajstić information content (AvgIpc) is 1.79. The standard InChI is InChI=1S/C6H10F2N2/c1-5(9)2-3-10-4-6(7)8/h3,6,9H,2,4H2,1H3. The fraction of sp³-hybridized carbons (Fsp3) is 0.667. The number of nitrogens with one attached hydrogen (secondary N) is 1. The van der Waals surface area contributed by atoms with Gasteiger partial charge in [-0.05, 0) is 6.92 Å². The number of rotatable bonds is 4. The first kappa shape index (κ1) is 9.20. The van der Waals surface area contributed by atoms with E-state index >= 15 is 0 Å². The molecule has 0 aliphatic rings. The predicted molar refractivity (Wildman–Crippen MR) is 37.4 cm³/mol. The quantitative estimate of drug-likeness (QED) is 0.590. The van der Waals surface area contributed by atoms with Gasteiger partial charge >= 0.3 is 0 Å². The zero-order valence-electron chi connectivity index (χ0n) is 5.77. The van der Waals surface area contributed by atoms with E-state index in [1.54, 1.807) is 6.92 Å². The number of hydrogen-bond acceptors (Lipinski definition) is 2. The highest BCUT2D eigenvalue weighted by Crippen LogP contribution is 1.90. The summed E-state index contributed by atoms with van der Waals surface area (Å²) in [5.41, 5.74) is 0.429. The summed E-state index contributed by atoms with van der Waals surface area (Å²) in [4.78, 5) is 3.40. The van der Waals surface area contributed by atoms with Gasteiger partial charge < -0.3 is 5.41 Å². The van der Waals surface area contributed by atoms with E-state index in [0.29, 0.717) is 12.1 Å². The number of alkyl halides is 2. The Morgan fingerprint density at radius 1 is 1.70 bits per heavy atom. The monoisotopic (exact) mass is 148 g/mol. The molecular weight excluding hydrogens is 138 g/mol. The topological polar surface area (TPSA) is 36.2 Å². The lowest BCUT2D eigenvalue weighted by atomic mass is 10.3. The highest BCUT2D eigenvalue weighted by molar-refractivity contribution is 5.91. The molecule has 0 radical (unpaired) electrons. The zero-order chi connectivity index (χ0) is 7.98. The van der Waals surface area contributed by atoms with Crippen LogP contribution in [-0.2, 0) is 0 Å². The molecular formula is C6H10F2N2. The van der Waals surface area contributed by atoms with Gasteiger partial charge in [0.1, 0.15) is 0 Å². The molecule has 0 aliphatic carbocycles. The molecule has 0 saturated heterocycles. The number of nitrogens with zero attached hydrogens (tertiary/aromatic N) is 1. The van der Waals surface area contributed by atoms with Crippen LogP contribution in [-0.4, -0.2) is 24.9 Å². The van der Waals surface area contributed by atoms with E-state index in [0.717, 1.165) is 0 Å². The van der Waals surface area contributed by atoms with Crippen LogP contribution in [0.5, 0.6) is 0 Å². The van der Waals surface area contributed by atoms with Crippen LogP contribution < -0.4 is 0 Å². The molecule has 0 bridgehead atoms. The van der Waals surface area contributed by atoms with Gasteiger partial charge in [0.15, 0.2) is 0 Å². The largest absolute Gasteiger partial charge is 0.310 e. The second kappa shape index (κ2) is 5.02. The van der Waals surface area contributed by atoms with Crippen molar-refractivity contribution >= 4 is 11.9 Å². The zero-order valence-corrected chi connectivity index (χ0v) is 5.77. The Labute approximate surface area is 58.5 Å². The molecule has 0 rings (SSSR count). The van der Waals surface area contributed by atoms with Gasteiger partial charge in [0, 0.05) is 18.3 Å². The third-order valence-electron chi connectivity index (χ3n) is 0.770. The Balaban J connectivity index is 3.29. The smallest absolute Gasteiger partial charge is 0.257 e. The van der Waals surface area contributed by atoms with Crippen molar-refractivity contribution in [1.82, 2.24) is 0 Å². The van der Waals surface area contributed by atoms with Crippen LogP contribution in [0, 0.1) is 5.41 Å². The first-order chi connectivity index (χ1) is 4.63. The van der Waals surface area contributed by atoms with Crippen molar-refractivity contribution in [2.75, 3.05) is 6.54 Å². The first-order valence-electron chi connectivity index (χ1n) is 2.93. The lowest BCUT2D eigenvalue weighted by molar-refractivity contribution is 0.159. The molecule has 10 heavy (non-hydrogen) atoms. The van der Waals surface area contributed by atoms with Crippen LogP contribution in [0.1, 0.15) is 13.3 Å². The SMILES string of the molecule is CC(=N)CC=NCC(F)F. The second-order valence-corrected chi connectivity index (χ2v) is 1.92. The fourth-order valence-corrected chi connectivity index (χ4v) is 0.356. The highest BCUT2D eigenvalue weighted by atomic mass is 19.3. The molecule has 4 heteroatoms. The van der Waals surface area contributed by atoms with E-state index < -0.39 is 13.0 Å². The van der Waals surface area contributed by atoms with E-state index in [1.165, 1.54) is 6.21 Å². The van der Waals surface area contributed by atoms with Gasteiger partial charge in [0.05, 0.1) is 6.54 Å². The van der Waals surface area contributed by atoms with E-state index in [4.69, 9.17) is 5.41 Å². The highest BCUT2D eigenvalue weighted by Gasteiger charge is 1.96. The van der Waals surface area contributed by atoms with Gasteiger partial charge in [-0.3, -0.25) is 4.99 Å². The molecule has 0 spiro atoms. The minimum absolute atomic E-state index is 0.368. The molecule has 0 fully saturated rings. The molecule has 0 heterocycles. The van der Waals surface area contributed by atoms with Gasteiger partial charge in [-0.1, -0.05) is 0 Å². The summed E-state index contributed by atoms with van der Waals surface area (Å²) in [6.45, 7) is 1.15. The normalized spacial score (nSPS) is 11.2. The maximum Gasteiger partial charge on any atom is 0.257 e. The van der Waals surface area contributed by atoms with E-state index in [2.05, 4.69) is 4.99 Å². The minimum atomic E-state index is -2.37. The van der Waals surface area contributed by atoms with Crippen LogP contribution in [0.4, 0.5) is 8.78 Å². The van der Waals surface area contributed by atoms with Gasteiger partial charge in [0.2, 0.25) is 0 Å². The van der Waals surface area contributed by atoms with Crippen molar-refractivity contribution in [2.45, 2.75) is 19.8 Å². The number of halogens is 2. The molecule has 0 saturated carbocycles. The molecule has 1 N–H and O–H groups in total. The molecule has 0 aliphatic heterocycles. The maximum atomic E-state index is 11.4.